The zero-order valence-corrected chi connectivity index (χ0v) is 12.8. The van der Waals surface area contributed by atoms with Crippen LogP contribution >= 0.6 is 11.8 Å². The number of carboxylic acid groups (broad SMARTS) is 1. The molecule has 1 aliphatic heterocycles. The van der Waals surface area contributed by atoms with Gasteiger partial charge in [0.2, 0.25) is 10.0 Å². The van der Waals surface area contributed by atoms with Gasteiger partial charge in [0.1, 0.15) is 10.6 Å². The lowest BCUT2D eigenvalue weighted by Gasteiger charge is -2.09. The van der Waals surface area contributed by atoms with Crippen molar-refractivity contribution < 1.29 is 18.3 Å². The van der Waals surface area contributed by atoms with Gasteiger partial charge in [0, 0.05) is 24.5 Å². The van der Waals surface area contributed by atoms with Crippen molar-refractivity contribution in [1.29, 1.82) is 0 Å². The number of rotatable bonds is 6. The molecule has 112 valence electrons. The topological polar surface area (TPSA) is 88.4 Å². The first-order valence-electron chi connectivity index (χ1n) is 6.48. The van der Waals surface area contributed by atoms with Crippen LogP contribution < -0.4 is 4.72 Å². The predicted molar refractivity (Wildman–Crippen MR) is 77.7 cm³/mol. The van der Waals surface area contributed by atoms with Gasteiger partial charge in [-0.05, 0) is 31.6 Å². The summed E-state index contributed by atoms with van der Waals surface area (Å²) in [4.78, 5) is 11.1. The molecule has 0 bridgehead atoms. The smallest absolute Gasteiger partial charge is 0.352 e. The van der Waals surface area contributed by atoms with Crippen LogP contribution in [0.3, 0.4) is 0 Å². The molecule has 1 atom stereocenters. The summed E-state index contributed by atoms with van der Waals surface area (Å²) >= 11 is 1.77. The van der Waals surface area contributed by atoms with Gasteiger partial charge in [0.25, 0.3) is 0 Å². The van der Waals surface area contributed by atoms with Gasteiger partial charge in [-0.1, -0.05) is 0 Å². The van der Waals surface area contributed by atoms with Crippen molar-refractivity contribution in [2.45, 2.75) is 36.5 Å². The molecule has 0 aliphatic carbocycles. The Bertz CT molecular complexity index is 589. The van der Waals surface area contributed by atoms with E-state index in [2.05, 4.69) is 4.72 Å². The third kappa shape index (κ3) is 3.36. The summed E-state index contributed by atoms with van der Waals surface area (Å²) in [6.45, 7) is 2.58. The average Bonchev–Trinajstić information content (AvgIpc) is 3.05. The number of hydrogen-bond acceptors (Lipinski definition) is 4. The Morgan fingerprint density at radius 3 is 2.85 bits per heavy atom. The number of aromatic carboxylic acids is 1. The molecule has 2 heterocycles. The molecule has 6 nitrogen and oxygen atoms in total. The zero-order chi connectivity index (χ0) is 14.8. The minimum absolute atomic E-state index is 0.0110. The molecule has 0 amide bonds. The van der Waals surface area contributed by atoms with Crippen LogP contribution in [-0.2, 0) is 16.6 Å². The van der Waals surface area contributed by atoms with Gasteiger partial charge in [0.05, 0.1) is 0 Å². The van der Waals surface area contributed by atoms with Crippen LogP contribution in [0, 0.1) is 0 Å². The van der Waals surface area contributed by atoms with E-state index in [1.165, 1.54) is 16.8 Å². The molecule has 0 spiro atoms. The number of hydrogen-bond donors (Lipinski definition) is 2. The second kappa shape index (κ2) is 6.19. The van der Waals surface area contributed by atoms with E-state index < -0.39 is 16.0 Å². The normalized spacial score (nSPS) is 19.4. The zero-order valence-electron chi connectivity index (χ0n) is 11.2. The quantitative estimate of drug-likeness (QED) is 0.827. The molecule has 2 rings (SSSR count). The largest absolute Gasteiger partial charge is 0.477 e. The minimum atomic E-state index is -3.64. The fourth-order valence-corrected chi connectivity index (χ4v) is 4.59. The highest BCUT2D eigenvalue weighted by atomic mass is 32.2. The molecular weight excluding hydrogens is 300 g/mol. The Kier molecular flexibility index (Phi) is 4.77. The molecule has 1 saturated heterocycles. The highest BCUT2D eigenvalue weighted by Crippen LogP contribution is 2.25. The molecule has 0 radical (unpaired) electrons. The van der Waals surface area contributed by atoms with Crippen molar-refractivity contribution in [1.82, 2.24) is 9.29 Å². The molecule has 1 unspecified atom stereocenters. The van der Waals surface area contributed by atoms with Gasteiger partial charge in [-0.2, -0.15) is 11.8 Å². The Morgan fingerprint density at radius 2 is 2.35 bits per heavy atom. The van der Waals surface area contributed by atoms with Gasteiger partial charge < -0.3 is 9.67 Å². The first kappa shape index (κ1) is 15.4. The lowest BCUT2D eigenvalue weighted by molar-refractivity contribution is 0.0685. The maximum Gasteiger partial charge on any atom is 0.352 e. The SMILES string of the molecule is CCn1cc(S(=O)(=O)NCC2CCCS2)cc1C(=O)O. The Balaban J connectivity index is 2.14. The van der Waals surface area contributed by atoms with E-state index in [1.807, 2.05) is 0 Å². The highest BCUT2D eigenvalue weighted by molar-refractivity contribution is 8.00. The fourth-order valence-electron chi connectivity index (χ4n) is 2.16. The van der Waals surface area contributed by atoms with Crippen LogP contribution in [0.25, 0.3) is 0 Å². The van der Waals surface area contributed by atoms with E-state index >= 15 is 0 Å². The highest BCUT2D eigenvalue weighted by Gasteiger charge is 2.23. The Labute approximate surface area is 122 Å². The number of aromatic nitrogens is 1. The predicted octanol–water partition coefficient (Wildman–Crippen LogP) is 1.38. The average molecular weight is 318 g/mol. The van der Waals surface area contributed by atoms with Crippen LogP contribution in [0.2, 0.25) is 0 Å². The van der Waals surface area contributed by atoms with E-state index in [9.17, 15) is 13.2 Å². The van der Waals surface area contributed by atoms with Crippen LogP contribution in [0.5, 0.6) is 0 Å². The van der Waals surface area contributed by atoms with Crippen LogP contribution in [-0.4, -0.2) is 41.6 Å². The van der Waals surface area contributed by atoms with Crippen molar-refractivity contribution >= 4 is 27.8 Å². The van der Waals surface area contributed by atoms with Gasteiger partial charge in [-0.3, -0.25) is 0 Å². The summed E-state index contributed by atoms with van der Waals surface area (Å²) < 4.78 is 28.3. The molecule has 1 aromatic heterocycles. The van der Waals surface area contributed by atoms with E-state index in [-0.39, 0.29) is 10.6 Å². The van der Waals surface area contributed by atoms with E-state index in [4.69, 9.17) is 5.11 Å². The van der Waals surface area contributed by atoms with Crippen molar-refractivity contribution in [3.63, 3.8) is 0 Å². The third-order valence-electron chi connectivity index (χ3n) is 3.27. The summed E-state index contributed by atoms with van der Waals surface area (Å²) in [6, 6.07) is 1.20. The number of aryl methyl sites for hydroxylation is 1. The van der Waals surface area contributed by atoms with Crippen molar-refractivity contribution in [2.24, 2.45) is 0 Å². The maximum absolute atomic E-state index is 12.2. The maximum atomic E-state index is 12.2. The molecule has 1 aromatic rings. The van der Waals surface area contributed by atoms with E-state index in [0.717, 1.165) is 18.6 Å². The number of thioether (sulfide) groups is 1. The van der Waals surface area contributed by atoms with Gasteiger partial charge in [-0.25, -0.2) is 17.9 Å². The van der Waals surface area contributed by atoms with Gasteiger partial charge in [0.15, 0.2) is 0 Å². The number of carbonyl (C=O) groups is 1. The summed E-state index contributed by atoms with van der Waals surface area (Å²) in [7, 11) is -3.64. The van der Waals surface area contributed by atoms with Crippen molar-refractivity contribution in [3.05, 3.63) is 18.0 Å². The van der Waals surface area contributed by atoms with Crippen LogP contribution in [0.15, 0.2) is 17.2 Å². The van der Waals surface area contributed by atoms with Crippen molar-refractivity contribution in [3.8, 4) is 0 Å². The lowest BCUT2D eigenvalue weighted by atomic mass is 10.2. The Hall–Kier alpha value is -0.990. The number of sulfonamides is 1. The molecule has 2 N–H and O–H groups in total. The number of carboxylic acids is 1. The second-order valence-corrected chi connectivity index (χ2v) is 7.81. The second-order valence-electron chi connectivity index (χ2n) is 4.64. The molecule has 0 aromatic carbocycles. The number of nitrogens with zero attached hydrogens (tertiary/aromatic N) is 1. The summed E-state index contributed by atoms with van der Waals surface area (Å²) in [5.74, 6) is -0.0541. The number of nitrogens with one attached hydrogen (secondary N) is 1. The summed E-state index contributed by atoms with van der Waals surface area (Å²) in [5.41, 5.74) is -0.0110. The lowest BCUT2D eigenvalue weighted by Crippen LogP contribution is -2.29. The molecule has 20 heavy (non-hydrogen) atoms. The third-order valence-corrected chi connectivity index (χ3v) is 6.06. The standard InChI is InChI=1S/C12H18N2O4S2/c1-2-14-8-10(6-11(14)12(15)16)20(17,18)13-7-9-4-3-5-19-9/h6,8-9,13H,2-5,7H2,1H3,(H,15,16). The van der Waals surface area contributed by atoms with Crippen LogP contribution in [0.4, 0.5) is 0 Å². The van der Waals surface area contributed by atoms with Gasteiger partial charge in [-0.15, -0.1) is 0 Å². The minimum Gasteiger partial charge on any atom is -0.477 e. The Morgan fingerprint density at radius 1 is 1.60 bits per heavy atom. The van der Waals surface area contributed by atoms with E-state index in [1.54, 1.807) is 18.7 Å². The molecule has 1 fully saturated rings. The molecular formula is C12H18N2O4S2. The van der Waals surface area contributed by atoms with E-state index in [0.29, 0.717) is 18.3 Å². The first-order valence-corrected chi connectivity index (χ1v) is 9.02. The van der Waals surface area contributed by atoms with Gasteiger partial charge >= 0.3 is 5.97 Å². The fraction of sp³-hybridized carbons (Fsp3) is 0.583. The summed E-state index contributed by atoms with van der Waals surface area (Å²) in [5, 5.41) is 9.36. The van der Waals surface area contributed by atoms with Crippen molar-refractivity contribution in [2.75, 3.05) is 12.3 Å². The summed E-state index contributed by atoms with van der Waals surface area (Å²) in [6.07, 6.45) is 3.50. The monoisotopic (exact) mass is 318 g/mol. The molecule has 1 aliphatic rings. The van der Waals surface area contributed by atoms with Crippen LogP contribution in [0.1, 0.15) is 30.3 Å². The first-order chi connectivity index (χ1) is 9.44. The molecule has 8 heteroatoms. The molecule has 0 saturated carbocycles.